The van der Waals surface area contributed by atoms with Crippen LogP contribution in [-0.4, -0.2) is 49.8 Å². The maximum Gasteiger partial charge on any atom is 0.417 e. The minimum atomic E-state index is -4.87. The molecule has 0 heterocycles. The summed E-state index contributed by atoms with van der Waals surface area (Å²) in [4.78, 5) is 25.4. The van der Waals surface area contributed by atoms with Gasteiger partial charge < -0.3 is 10.1 Å². The van der Waals surface area contributed by atoms with E-state index < -0.39 is 43.5 Å². The smallest absolute Gasteiger partial charge is 0.417 e. The van der Waals surface area contributed by atoms with Crippen molar-refractivity contribution in [2.24, 2.45) is 23.2 Å². The van der Waals surface area contributed by atoms with Gasteiger partial charge >= 0.3 is 12.1 Å². The molecule has 4 aliphatic rings. The Morgan fingerprint density at radius 3 is 2.24 bits per heavy atom. The lowest BCUT2D eigenvalue weighted by Crippen LogP contribution is -2.65. The van der Waals surface area contributed by atoms with Gasteiger partial charge in [-0.15, -0.1) is 0 Å². The molecular weight excluding hydrogens is 509 g/mol. The molecule has 0 aliphatic heterocycles. The summed E-state index contributed by atoms with van der Waals surface area (Å²) in [7, 11) is -3.28. The number of methoxy groups -OCH3 is 1. The van der Waals surface area contributed by atoms with Gasteiger partial charge in [-0.1, -0.05) is 19.1 Å². The first-order valence-electron chi connectivity index (χ1n) is 12.8. The predicted octanol–water partition coefficient (Wildman–Crippen LogP) is 4.37. The van der Waals surface area contributed by atoms with E-state index in [9.17, 15) is 31.2 Å². The van der Waals surface area contributed by atoms with Crippen molar-refractivity contribution in [3.8, 4) is 0 Å². The quantitative estimate of drug-likeness (QED) is 0.491. The van der Waals surface area contributed by atoms with Crippen molar-refractivity contribution in [2.75, 3.05) is 13.7 Å². The first-order chi connectivity index (χ1) is 17.2. The van der Waals surface area contributed by atoms with E-state index in [0.717, 1.165) is 41.8 Å². The molecule has 1 aromatic rings. The number of esters is 1. The summed E-state index contributed by atoms with van der Waals surface area (Å²) in [6.07, 6.45) is -0.818. The molecule has 0 saturated heterocycles. The number of carbonyl (C=O) groups is 2. The average Bonchev–Trinajstić information content (AvgIpc) is 2.82. The SMILES string of the molecule is CCCN(C(C)(C)C(=O)NC1C2CC3CC1CC(C(=O)OC)(C3)C2)S(=O)(=O)c1ccccc1C(F)(F)F. The number of nitrogens with zero attached hydrogens (tertiary/aromatic N) is 1. The molecule has 7 nitrogen and oxygen atoms in total. The molecule has 4 aliphatic carbocycles. The van der Waals surface area contributed by atoms with Crippen LogP contribution in [0.5, 0.6) is 0 Å². The lowest BCUT2D eigenvalue weighted by Gasteiger charge is -2.59. The molecule has 11 heteroatoms. The van der Waals surface area contributed by atoms with Crippen molar-refractivity contribution in [3.63, 3.8) is 0 Å². The third-order valence-corrected chi connectivity index (χ3v) is 10.7. The molecule has 0 radical (unpaired) electrons. The molecule has 0 aromatic heterocycles. The Balaban J connectivity index is 1.61. The van der Waals surface area contributed by atoms with Gasteiger partial charge in [-0.3, -0.25) is 9.59 Å². The summed E-state index contributed by atoms with van der Waals surface area (Å²) in [5.41, 5.74) is -3.44. The van der Waals surface area contributed by atoms with Gasteiger partial charge in [0.15, 0.2) is 0 Å². The standard InChI is InChI=1S/C26H35F3N2O5S/c1-5-10-31(37(34,35)20-9-7-6-8-19(20)26(27,28)29)24(2,3)22(32)30-21-17-11-16-12-18(21)15-25(13-16,14-17)23(33)36-4/h6-9,16-18,21H,5,10-15H2,1-4H3,(H,30,32). The highest BCUT2D eigenvalue weighted by molar-refractivity contribution is 7.89. The van der Waals surface area contributed by atoms with Crippen LogP contribution < -0.4 is 5.32 Å². The fourth-order valence-electron chi connectivity index (χ4n) is 7.12. The Kier molecular flexibility index (Phi) is 7.20. The second kappa shape index (κ2) is 9.55. The van der Waals surface area contributed by atoms with E-state index in [4.69, 9.17) is 4.74 Å². The molecule has 5 rings (SSSR count). The van der Waals surface area contributed by atoms with Gasteiger partial charge in [-0.2, -0.15) is 17.5 Å². The summed E-state index contributed by atoms with van der Waals surface area (Å²) < 4.78 is 74.3. The van der Waals surface area contributed by atoms with Crippen LogP contribution in [0.4, 0.5) is 13.2 Å². The number of nitrogens with one attached hydrogen (secondary N) is 1. The number of carbonyl (C=O) groups excluding carboxylic acids is 2. The molecule has 206 valence electrons. The van der Waals surface area contributed by atoms with Crippen LogP contribution in [0.15, 0.2) is 29.2 Å². The second-order valence-electron chi connectivity index (χ2n) is 11.4. The molecule has 1 N–H and O–H groups in total. The second-order valence-corrected chi connectivity index (χ2v) is 13.2. The number of amides is 1. The van der Waals surface area contributed by atoms with Crippen molar-refractivity contribution in [3.05, 3.63) is 29.8 Å². The van der Waals surface area contributed by atoms with Crippen LogP contribution in [0.1, 0.15) is 64.9 Å². The number of sulfonamides is 1. The summed E-state index contributed by atoms with van der Waals surface area (Å²) in [5, 5.41) is 3.06. The largest absolute Gasteiger partial charge is 0.469 e. The highest BCUT2D eigenvalue weighted by Crippen LogP contribution is 2.60. The van der Waals surface area contributed by atoms with Crippen LogP contribution in [0.2, 0.25) is 0 Å². The van der Waals surface area contributed by atoms with Gasteiger partial charge in [-0.25, -0.2) is 8.42 Å². The zero-order chi connectivity index (χ0) is 27.4. The number of hydrogen-bond acceptors (Lipinski definition) is 5. The van der Waals surface area contributed by atoms with Crippen molar-refractivity contribution in [1.82, 2.24) is 9.62 Å². The summed E-state index contributed by atoms with van der Waals surface area (Å²) in [5.74, 6) is -0.257. The van der Waals surface area contributed by atoms with E-state index in [1.165, 1.54) is 27.0 Å². The molecule has 0 spiro atoms. The number of ether oxygens (including phenoxy) is 1. The van der Waals surface area contributed by atoms with Crippen LogP contribution in [0, 0.1) is 23.2 Å². The molecule has 4 saturated carbocycles. The summed E-state index contributed by atoms with van der Waals surface area (Å²) in [6, 6.07) is 3.81. The van der Waals surface area contributed by atoms with E-state index in [1.807, 2.05) is 0 Å². The lowest BCUT2D eigenvalue weighted by molar-refractivity contribution is -0.171. The van der Waals surface area contributed by atoms with Gasteiger partial charge in [-0.05, 0) is 82.3 Å². The number of rotatable bonds is 8. The molecule has 4 bridgehead atoms. The maximum atomic E-state index is 13.7. The minimum Gasteiger partial charge on any atom is -0.469 e. The zero-order valence-corrected chi connectivity index (χ0v) is 22.4. The van der Waals surface area contributed by atoms with E-state index in [2.05, 4.69) is 5.32 Å². The number of hydrogen-bond donors (Lipinski definition) is 1. The highest BCUT2D eigenvalue weighted by Gasteiger charge is 2.60. The Labute approximate surface area is 216 Å². The predicted molar refractivity (Wildman–Crippen MR) is 130 cm³/mol. The van der Waals surface area contributed by atoms with Crippen LogP contribution in [-0.2, 0) is 30.5 Å². The molecule has 2 atom stereocenters. The van der Waals surface area contributed by atoms with Crippen LogP contribution in [0.3, 0.4) is 0 Å². The first-order valence-corrected chi connectivity index (χ1v) is 14.2. The van der Waals surface area contributed by atoms with Gasteiger partial charge in [0, 0.05) is 12.6 Å². The Bertz CT molecular complexity index is 1150. The third kappa shape index (κ3) is 4.77. The number of alkyl halides is 3. The van der Waals surface area contributed by atoms with Gasteiger partial charge in [0.25, 0.3) is 0 Å². The highest BCUT2D eigenvalue weighted by atomic mass is 32.2. The van der Waals surface area contributed by atoms with E-state index in [-0.39, 0.29) is 30.4 Å². The van der Waals surface area contributed by atoms with E-state index in [0.29, 0.717) is 25.2 Å². The van der Waals surface area contributed by atoms with Gasteiger partial charge in [0.05, 0.1) is 23.0 Å². The summed E-state index contributed by atoms with van der Waals surface area (Å²) >= 11 is 0. The third-order valence-electron chi connectivity index (χ3n) is 8.56. The molecule has 37 heavy (non-hydrogen) atoms. The molecular formula is C26H35F3N2O5S. The van der Waals surface area contributed by atoms with Crippen molar-refractivity contribution < 1.29 is 35.9 Å². The molecule has 1 amide bonds. The molecule has 1 aromatic carbocycles. The van der Waals surface area contributed by atoms with Gasteiger partial charge in [0.1, 0.15) is 5.54 Å². The number of halogens is 3. The van der Waals surface area contributed by atoms with Crippen LogP contribution in [0.25, 0.3) is 0 Å². The van der Waals surface area contributed by atoms with Crippen molar-refractivity contribution >= 4 is 21.9 Å². The Hall–Kier alpha value is -2.14. The Morgan fingerprint density at radius 1 is 1.11 bits per heavy atom. The van der Waals surface area contributed by atoms with E-state index >= 15 is 0 Å². The molecule has 4 fully saturated rings. The fraction of sp³-hybridized carbons (Fsp3) is 0.692. The fourth-order valence-corrected chi connectivity index (χ4v) is 9.17. The minimum absolute atomic E-state index is 0.0623. The first kappa shape index (κ1) is 27.9. The van der Waals surface area contributed by atoms with Crippen molar-refractivity contribution in [2.45, 2.75) is 81.9 Å². The monoisotopic (exact) mass is 544 g/mol. The van der Waals surface area contributed by atoms with Gasteiger partial charge in [0.2, 0.25) is 15.9 Å². The number of benzene rings is 1. The van der Waals surface area contributed by atoms with E-state index in [1.54, 1.807) is 6.92 Å². The normalized spacial score (nSPS) is 29.4. The zero-order valence-electron chi connectivity index (χ0n) is 21.6. The van der Waals surface area contributed by atoms with Crippen LogP contribution >= 0.6 is 0 Å². The average molecular weight is 545 g/mol. The Morgan fingerprint density at radius 2 is 1.70 bits per heavy atom. The maximum absolute atomic E-state index is 13.7. The topological polar surface area (TPSA) is 92.8 Å². The lowest BCUT2D eigenvalue weighted by atomic mass is 9.48. The summed E-state index contributed by atoms with van der Waals surface area (Å²) in [6.45, 7) is 4.44. The van der Waals surface area contributed by atoms with Crippen molar-refractivity contribution in [1.29, 1.82) is 0 Å². The molecule has 2 unspecified atom stereocenters.